The largest absolute Gasteiger partial charge is 0.339 e. The van der Waals surface area contributed by atoms with Crippen LogP contribution in [0.5, 0.6) is 0 Å². The highest BCUT2D eigenvalue weighted by Crippen LogP contribution is 2.26. The Morgan fingerprint density at radius 1 is 1.23 bits per heavy atom. The van der Waals surface area contributed by atoms with Crippen molar-refractivity contribution >= 4 is 15.9 Å². The molecule has 0 saturated carbocycles. The zero-order valence-electron chi connectivity index (χ0n) is 12.8. The van der Waals surface area contributed by atoms with Gasteiger partial charge in [0.1, 0.15) is 6.04 Å². The summed E-state index contributed by atoms with van der Waals surface area (Å²) >= 11 is 0. The van der Waals surface area contributed by atoms with Crippen molar-refractivity contribution in [2.75, 3.05) is 25.9 Å². The van der Waals surface area contributed by atoms with E-state index in [0.29, 0.717) is 26.1 Å². The lowest BCUT2D eigenvalue weighted by molar-refractivity contribution is -0.136. The molecule has 0 N–H and O–H groups in total. The summed E-state index contributed by atoms with van der Waals surface area (Å²) in [6.45, 7) is 1.75. The van der Waals surface area contributed by atoms with Crippen molar-refractivity contribution in [3.8, 4) is 0 Å². The second-order valence-corrected chi connectivity index (χ2v) is 8.03. The Hall–Kier alpha value is -1.41. The number of piperidine rings is 1. The van der Waals surface area contributed by atoms with Crippen molar-refractivity contribution < 1.29 is 13.2 Å². The molecule has 7 nitrogen and oxygen atoms in total. The molecule has 2 aliphatic heterocycles. The van der Waals surface area contributed by atoms with Crippen LogP contribution >= 0.6 is 0 Å². The fourth-order valence-corrected chi connectivity index (χ4v) is 4.58. The van der Waals surface area contributed by atoms with Gasteiger partial charge in [0.25, 0.3) is 0 Å². The summed E-state index contributed by atoms with van der Waals surface area (Å²) in [4.78, 5) is 14.6. The van der Waals surface area contributed by atoms with Crippen molar-refractivity contribution in [1.29, 1.82) is 0 Å². The zero-order chi connectivity index (χ0) is 15.7. The summed E-state index contributed by atoms with van der Waals surface area (Å²) in [6, 6.07) is 1.54. The number of carbonyl (C=O) groups is 1. The lowest BCUT2D eigenvalue weighted by Crippen LogP contribution is -2.50. The van der Waals surface area contributed by atoms with Gasteiger partial charge in [0.2, 0.25) is 15.9 Å². The van der Waals surface area contributed by atoms with Gasteiger partial charge >= 0.3 is 0 Å². The fourth-order valence-electron chi connectivity index (χ4n) is 3.46. The smallest absolute Gasteiger partial charge is 0.241 e. The average Bonchev–Trinajstić information content (AvgIpc) is 3.17. The molecular weight excluding hydrogens is 304 g/mol. The van der Waals surface area contributed by atoms with Crippen LogP contribution in [0.1, 0.15) is 31.7 Å². The van der Waals surface area contributed by atoms with E-state index in [4.69, 9.17) is 0 Å². The van der Waals surface area contributed by atoms with Crippen LogP contribution < -0.4 is 0 Å². The summed E-state index contributed by atoms with van der Waals surface area (Å²) in [7, 11) is -3.32. The first-order valence-electron chi connectivity index (χ1n) is 7.71. The van der Waals surface area contributed by atoms with E-state index in [9.17, 15) is 13.2 Å². The molecule has 1 amide bonds. The van der Waals surface area contributed by atoms with E-state index in [2.05, 4.69) is 5.10 Å². The normalized spacial score (nSPS) is 27.2. The fraction of sp³-hybridized carbons (Fsp3) is 0.714. The quantitative estimate of drug-likeness (QED) is 0.809. The van der Waals surface area contributed by atoms with E-state index < -0.39 is 16.1 Å². The highest BCUT2D eigenvalue weighted by molar-refractivity contribution is 7.88. The van der Waals surface area contributed by atoms with Crippen LogP contribution in [0.15, 0.2) is 18.5 Å². The molecule has 2 aliphatic rings. The molecule has 3 heterocycles. The third kappa shape index (κ3) is 3.03. The number of aromatic nitrogens is 2. The third-order valence-corrected chi connectivity index (χ3v) is 5.81. The van der Waals surface area contributed by atoms with Gasteiger partial charge in [0.15, 0.2) is 0 Å². The summed E-state index contributed by atoms with van der Waals surface area (Å²) in [5.74, 6) is -0.0558. The maximum absolute atomic E-state index is 12.8. The first kappa shape index (κ1) is 15.5. The van der Waals surface area contributed by atoms with E-state index in [-0.39, 0.29) is 11.9 Å². The van der Waals surface area contributed by atoms with Crippen LogP contribution in [0.25, 0.3) is 0 Å². The number of amides is 1. The molecule has 2 saturated heterocycles. The zero-order valence-corrected chi connectivity index (χ0v) is 13.6. The molecule has 3 rings (SSSR count). The van der Waals surface area contributed by atoms with Gasteiger partial charge in [0.05, 0.1) is 12.3 Å². The number of sulfonamides is 1. The van der Waals surface area contributed by atoms with Crippen molar-refractivity contribution in [2.45, 2.75) is 37.8 Å². The van der Waals surface area contributed by atoms with Crippen LogP contribution in [-0.4, -0.2) is 65.2 Å². The minimum atomic E-state index is -3.32. The first-order valence-corrected chi connectivity index (χ1v) is 9.56. The first-order chi connectivity index (χ1) is 10.5. The molecule has 0 unspecified atom stereocenters. The number of hydrogen-bond acceptors (Lipinski definition) is 4. The van der Waals surface area contributed by atoms with Gasteiger partial charge in [-0.05, 0) is 31.7 Å². The average molecular weight is 326 g/mol. The standard InChI is InChI=1S/C14H22N4O3S/c1-22(20,21)18-10-3-6-13(18)14(19)16-8-2-5-12(11-16)17-9-4-7-15-17/h4,7,9,12-13H,2-3,5-6,8,10-11H2,1H3/t12-,13+/m1/s1. The number of hydrogen-bond donors (Lipinski definition) is 0. The van der Waals surface area contributed by atoms with E-state index in [0.717, 1.165) is 19.3 Å². The number of rotatable bonds is 3. The van der Waals surface area contributed by atoms with Gasteiger partial charge in [-0.15, -0.1) is 0 Å². The molecule has 2 atom stereocenters. The monoisotopic (exact) mass is 326 g/mol. The van der Waals surface area contributed by atoms with E-state index >= 15 is 0 Å². The molecule has 122 valence electrons. The maximum Gasteiger partial charge on any atom is 0.241 e. The summed E-state index contributed by atoms with van der Waals surface area (Å²) in [6.07, 6.45) is 8.12. The van der Waals surface area contributed by atoms with Gasteiger partial charge in [-0.2, -0.15) is 9.40 Å². The molecule has 0 aliphatic carbocycles. The van der Waals surface area contributed by atoms with E-state index in [1.165, 1.54) is 10.6 Å². The SMILES string of the molecule is CS(=O)(=O)N1CCC[C@H]1C(=O)N1CCC[C@@H](n2cccn2)C1. The molecular formula is C14H22N4O3S. The molecule has 8 heteroatoms. The van der Waals surface area contributed by atoms with Gasteiger partial charge in [-0.3, -0.25) is 9.48 Å². The Bertz CT molecular complexity index is 629. The minimum absolute atomic E-state index is 0.0558. The van der Waals surface area contributed by atoms with Crippen LogP contribution in [0.2, 0.25) is 0 Å². The molecule has 0 radical (unpaired) electrons. The molecule has 1 aromatic heterocycles. The Kier molecular flexibility index (Phi) is 4.22. The number of carbonyl (C=O) groups excluding carboxylic acids is 1. The second kappa shape index (κ2) is 6.00. The lowest BCUT2D eigenvalue weighted by Gasteiger charge is -2.35. The van der Waals surface area contributed by atoms with Crippen molar-refractivity contribution in [1.82, 2.24) is 19.0 Å². The maximum atomic E-state index is 12.8. The number of nitrogens with zero attached hydrogens (tertiary/aromatic N) is 4. The van der Waals surface area contributed by atoms with Gasteiger partial charge in [-0.25, -0.2) is 8.42 Å². The lowest BCUT2D eigenvalue weighted by atomic mass is 10.0. The highest BCUT2D eigenvalue weighted by Gasteiger charge is 2.39. The Balaban J connectivity index is 1.72. The van der Waals surface area contributed by atoms with Crippen LogP contribution in [0, 0.1) is 0 Å². The molecule has 22 heavy (non-hydrogen) atoms. The minimum Gasteiger partial charge on any atom is -0.339 e. The Labute approximate surface area is 130 Å². The molecule has 0 spiro atoms. The summed E-state index contributed by atoms with van der Waals surface area (Å²) in [5, 5.41) is 4.26. The molecule has 0 bridgehead atoms. The topological polar surface area (TPSA) is 75.5 Å². The summed E-state index contributed by atoms with van der Waals surface area (Å²) in [5.41, 5.74) is 0. The van der Waals surface area contributed by atoms with E-state index in [1.807, 2.05) is 21.8 Å². The van der Waals surface area contributed by atoms with Crippen LogP contribution in [0.3, 0.4) is 0 Å². The second-order valence-electron chi connectivity index (χ2n) is 6.10. The predicted molar refractivity (Wildman–Crippen MR) is 81.6 cm³/mol. The Morgan fingerprint density at radius 3 is 2.68 bits per heavy atom. The molecule has 1 aromatic rings. The molecule has 2 fully saturated rings. The van der Waals surface area contributed by atoms with Gasteiger partial charge in [-0.1, -0.05) is 0 Å². The van der Waals surface area contributed by atoms with Crippen LogP contribution in [0.4, 0.5) is 0 Å². The highest BCUT2D eigenvalue weighted by atomic mass is 32.2. The van der Waals surface area contributed by atoms with Gasteiger partial charge in [0, 0.05) is 32.0 Å². The van der Waals surface area contributed by atoms with Gasteiger partial charge < -0.3 is 4.90 Å². The predicted octanol–water partition coefficient (Wildman–Crippen LogP) is 0.471. The molecule has 0 aromatic carbocycles. The van der Waals surface area contributed by atoms with E-state index in [1.54, 1.807) is 6.20 Å². The summed E-state index contributed by atoms with van der Waals surface area (Å²) < 4.78 is 26.9. The van der Waals surface area contributed by atoms with Crippen molar-refractivity contribution in [3.63, 3.8) is 0 Å². The third-order valence-electron chi connectivity index (χ3n) is 4.52. The Morgan fingerprint density at radius 2 is 2.00 bits per heavy atom. The number of likely N-dealkylation sites (tertiary alicyclic amines) is 1. The van der Waals surface area contributed by atoms with Crippen LogP contribution in [-0.2, 0) is 14.8 Å². The van der Waals surface area contributed by atoms with Crippen molar-refractivity contribution in [2.24, 2.45) is 0 Å². The van der Waals surface area contributed by atoms with Crippen molar-refractivity contribution in [3.05, 3.63) is 18.5 Å².